The van der Waals surface area contributed by atoms with E-state index in [9.17, 15) is 4.79 Å². The van der Waals surface area contributed by atoms with E-state index in [0.29, 0.717) is 23.4 Å². The lowest BCUT2D eigenvalue weighted by Crippen LogP contribution is -2.31. The highest BCUT2D eigenvalue weighted by molar-refractivity contribution is 7.99. The van der Waals surface area contributed by atoms with Crippen LogP contribution in [-0.2, 0) is 23.1 Å². The first-order valence-electron chi connectivity index (χ1n) is 10.8. The number of rotatable bonds is 12. The molecule has 1 N–H and O–H groups in total. The van der Waals surface area contributed by atoms with E-state index in [1.165, 1.54) is 17.4 Å². The molecule has 0 aromatic carbocycles. The van der Waals surface area contributed by atoms with Crippen LogP contribution in [0.5, 0.6) is 0 Å². The van der Waals surface area contributed by atoms with Gasteiger partial charge in [-0.1, -0.05) is 58.1 Å². The third kappa shape index (κ3) is 8.17. The van der Waals surface area contributed by atoms with Crippen LogP contribution in [0.3, 0.4) is 0 Å². The van der Waals surface area contributed by atoms with Crippen molar-refractivity contribution in [2.45, 2.75) is 65.1 Å². The van der Waals surface area contributed by atoms with Gasteiger partial charge in [0.2, 0.25) is 0 Å². The van der Waals surface area contributed by atoms with E-state index in [1.807, 2.05) is 0 Å². The van der Waals surface area contributed by atoms with Crippen molar-refractivity contribution in [3.05, 3.63) is 15.1 Å². The Morgan fingerprint density at radius 2 is 1.93 bits per heavy atom. The zero-order valence-corrected chi connectivity index (χ0v) is 21.0. The maximum Gasteiger partial charge on any atom is 0.330 e. The number of hydrogen-bond acceptors (Lipinski definition) is 6. The van der Waals surface area contributed by atoms with Crippen molar-refractivity contribution in [3.63, 3.8) is 0 Å². The number of hydrogen-bond donors (Lipinski definition) is 1. The van der Waals surface area contributed by atoms with Crippen LogP contribution >= 0.6 is 24.0 Å². The van der Waals surface area contributed by atoms with Crippen LogP contribution in [0, 0.1) is 10.6 Å². The van der Waals surface area contributed by atoms with Crippen LogP contribution in [0.15, 0.2) is 9.95 Å². The van der Waals surface area contributed by atoms with E-state index in [1.54, 1.807) is 30.5 Å². The number of methoxy groups -OCH3 is 1. The van der Waals surface area contributed by atoms with Crippen LogP contribution in [0.2, 0.25) is 0 Å². The molecular formula is C21H38N4O3S2. The molecule has 0 aliphatic carbocycles. The molecule has 0 aliphatic heterocycles. The summed E-state index contributed by atoms with van der Waals surface area (Å²) >= 11 is 6.95. The fourth-order valence-electron chi connectivity index (χ4n) is 2.60. The molecule has 9 heteroatoms. The first-order valence-corrected chi connectivity index (χ1v) is 12.2. The van der Waals surface area contributed by atoms with Crippen molar-refractivity contribution < 1.29 is 9.47 Å². The first-order chi connectivity index (χ1) is 14.4. The molecule has 2 aromatic rings. The van der Waals surface area contributed by atoms with Crippen molar-refractivity contribution in [1.29, 1.82) is 0 Å². The summed E-state index contributed by atoms with van der Waals surface area (Å²) in [5, 5.41) is 0.796. The molecule has 0 aliphatic rings. The molecule has 0 spiro atoms. The lowest BCUT2D eigenvalue weighted by molar-refractivity contribution is 0.122. The van der Waals surface area contributed by atoms with Crippen molar-refractivity contribution in [1.82, 2.24) is 19.1 Å². The summed E-state index contributed by atoms with van der Waals surface area (Å²) in [5.74, 6) is 1.80. The lowest BCUT2D eigenvalue weighted by atomic mass is 10.1. The van der Waals surface area contributed by atoms with Crippen molar-refractivity contribution in [2.24, 2.45) is 13.0 Å². The molecule has 2 aromatic heterocycles. The zero-order valence-electron chi connectivity index (χ0n) is 19.3. The van der Waals surface area contributed by atoms with Gasteiger partial charge in [0.05, 0.1) is 13.2 Å². The van der Waals surface area contributed by atoms with Gasteiger partial charge in [-0.3, -0.25) is 9.13 Å². The van der Waals surface area contributed by atoms with Gasteiger partial charge in [-0.05, 0) is 25.2 Å². The molecule has 0 fully saturated rings. The third-order valence-corrected chi connectivity index (χ3v) is 6.27. The normalized spacial score (nSPS) is 12.1. The maximum atomic E-state index is 12.3. The highest BCUT2D eigenvalue weighted by Gasteiger charge is 2.13. The number of nitrogens with zero attached hydrogens (tertiary/aromatic N) is 3. The Balaban J connectivity index is 0.000000382. The minimum absolute atomic E-state index is 0.168. The molecular weight excluding hydrogens is 420 g/mol. The van der Waals surface area contributed by atoms with E-state index >= 15 is 0 Å². The topological polar surface area (TPSA) is 74.1 Å². The van der Waals surface area contributed by atoms with E-state index in [0.717, 1.165) is 48.4 Å². The van der Waals surface area contributed by atoms with E-state index in [4.69, 9.17) is 21.7 Å². The predicted molar refractivity (Wildman–Crippen MR) is 128 cm³/mol. The Morgan fingerprint density at radius 3 is 2.53 bits per heavy atom. The van der Waals surface area contributed by atoms with Gasteiger partial charge < -0.3 is 14.5 Å². The number of nitrogens with one attached hydrogen (secondary N) is 1. The first kappa shape index (κ1) is 26.9. The van der Waals surface area contributed by atoms with E-state index < -0.39 is 0 Å². The minimum Gasteiger partial charge on any atom is -0.383 e. The summed E-state index contributed by atoms with van der Waals surface area (Å²) in [7, 11) is 3.28. The molecule has 2 heterocycles. The Labute approximate surface area is 189 Å². The van der Waals surface area contributed by atoms with Gasteiger partial charge in [0.25, 0.3) is 0 Å². The summed E-state index contributed by atoms with van der Waals surface area (Å²) in [6, 6.07) is 0. The zero-order chi connectivity index (χ0) is 22.5. The van der Waals surface area contributed by atoms with Crippen LogP contribution in [0.4, 0.5) is 0 Å². The third-order valence-electron chi connectivity index (χ3n) is 4.72. The molecule has 0 saturated heterocycles. The van der Waals surface area contributed by atoms with Crippen LogP contribution in [0.1, 0.15) is 53.4 Å². The number of aromatic nitrogens is 4. The molecule has 2 rings (SSSR count). The van der Waals surface area contributed by atoms with Crippen molar-refractivity contribution in [2.75, 3.05) is 32.7 Å². The molecule has 0 radical (unpaired) electrons. The number of thioether (sulfide) groups is 1. The second kappa shape index (κ2) is 14.8. The van der Waals surface area contributed by atoms with Crippen molar-refractivity contribution >= 4 is 35.1 Å². The molecule has 172 valence electrons. The van der Waals surface area contributed by atoms with Gasteiger partial charge >= 0.3 is 5.69 Å². The highest BCUT2D eigenvalue weighted by atomic mass is 32.2. The predicted octanol–water partition coefficient (Wildman–Crippen LogP) is 4.79. The molecule has 1 atom stereocenters. The standard InChI is InChI=1S/C12H18N4O2S2.C9H20O/c1-4-7-20-11-13-8-9(14-11)16(5-6-18-3)12(17)15(2)10(8)19;1-4-7-10-8-6-9(3)5-2/h4-7H2,1-3H3,(H,13,14);9H,4-8H2,1-3H3. The maximum absolute atomic E-state index is 12.3. The van der Waals surface area contributed by atoms with Gasteiger partial charge in [-0.15, -0.1) is 0 Å². The van der Waals surface area contributed by atoms with E-state index in [2.05, 4.69) is 37.7 Å². The van der Waals surface area contributed by atoms with Gasteiger partial charge in [0.1, 0.15) is 10.2 Å². The molecule has 30 heavy (non-hydrogen) atoms. The lowest BCUT2D eigenvalue weighted by Gasteiger charge is -2.08. The number of imidazole rings is 1. The second-order valence-corrected chi connectivity index (χ2v) is 8.76. The summed E-state index contributed by atoms with van der Waals surface area (Å²) in [4.78, 5) is 20.0. The van der Waals surface area contributed by atoms with Crippen LogP contribution < -0.4 is 5.69 Å². The van der Waals surface area contributed by atoms with Gasteiger partial charge in [0, 0.05) is 33.1 Å². The Hall–Kier alpha value is -1.16. The quantitative estimate of drug-likeness (QED) is 0.280. The summed E-state index contributed by atoms with van der Waals surface area (Å²) in [5.41, 5.74) is 1.17. The van der Waals surface area contributed by atoms with Gasteiger partial charge in [-0.25, -0.2) is 9.78 Å². The fraction of sp³-hybridized carbons (Fsp3) is 0.762. The molecule has 1 unspecified atom stereocenters. The summed E-state index contributed by atoms with van der Waals surface area (Å²) < 4.78 is 13.9. The number of ether oxygens (including phenoxy) is 2. The van der Waals surface area contributed by atoms with Crippen LogP contribution in [0.25, 0.3) is 11.2 Å². The van der Waals surface area contributed by atoms with Gasteiger partial charge in [-0.2, -0.15) is 0 Å². The molecule has 0 saturated carbocycles. The van der Waals surface area contributed by atoms with Crippen LogP contribution in [-0.4, -0.2) is 51.8 Å². The average Bonchev–Trinajstić information content (AvgIpc) is 3.18. The number of fused-ring (bicyclic) bond motifs is 1. The minimum atomic E-state index is -0.168. The molecule has 7 nitrogen and oxygen atoms in total. The Morgan fingerprint density at radius 1 is 1.20 bits per heavy atom. The molecule has 0 amide bonds. The summed E-state index contributed by atoms with van der Waals surface area (Å²) in [6.45, 7) is 11.5. The molecule has 0 bridgehead atoms. The number of H-pyrrole nitrogens is 1. The Bertz CT molecular complexity index is 860. The summed E-state index contributed by atoms with van der Waals surface area (Å²) in [6.07, 6.45) is 4.69. The Kier molecular flexibility index (Phi) is 13.2. The monoisotopic (exact) mass is 458 g/mol. The van der Waals surface area contributed by atoms with E-state index in [-0.39, 0.29) is 5.69 Å². The second-order valence-electron chi connectivity index (χ2n) is 7.29. The average molecular weight is 459 g/mol. The van der Waals surface area contributed by atoms with Gasteiger partial charge in [0.15, 0.2) is 10.8 Å². The van der Waals surface area contributed by atoms with Crippen molar-refractivity contribution in [3.8, 4) is 0 Å². The fourth-order valence-corrected chi connectivity index (χ4v) is 3.54. The number of aromatic amines is 1. The smallest absolute Gasteiger partial charge is 0.330 e. The largest absolute Gasteiger partial charge is 0.383 e. The SMILES string of the molecule is CCCOCCC(C)CC.CCCSc1nc2c([nH]1)c(=S)n(C)c(=O)n2CCOC. The highest BCUT2D eigenvalue weighted by Crippen LogP contribution is 2.19.